The first-order valence-electron chi connectivity index (χ1n) is 3.21. The third-order valence-corrected chi connectivity index (χ3v) is 1.32. The molecule has 1 aromatic rings. The fourth-order valence-electron chi connectivity index (χ4n) is 0.788. The number of nitrogens with one attached hydrogen (secondary N) is 1. The Bertz CT molecular complexity index is 294. The molecule has 0 saturated carbocycles. The maximum atomic E-state index is 10.9. The average molecular weight is 155 g/mol. The Balaban J connectivity index is 3.10. The Morgan fingerprint density at radius 1 is 1.73 bits per heavy atom. The van der Waals surface area contributed by atoms with Gasteiger partial charge in [0.2, 0.25) is 5.88 Å². The van der Waals surface area contributed by atoms with Gasteiger partial charge in [-0.1, -0.05) is 0 Å². The summed E-state index contributed by atoms with van der Waals surface area (Å²) >= 11 is 0. The summed E-state index contributed by atoms with van der Waals surface area (Å²) in [5, 5.41) is 9.04. The van der Waals surface area contributed by atoms with E-state index in [1.54, 1.807) is 0 Å². The molecule has 0 fully saturated rings. The number of aromatic nitrogens is 2. The summed E-state index contributed by atoms with van der Waals surface area (Å²) < 4.78 is 0. The number of nitrogens with zero attached hydrogens (tertiary/aromatic N) is 1. The van der Waals surface area contributed by atoms with Crippen molar-refractivity contribution >= 4 is 0 Å². The lowest BCUT2D eigenvalue weighted by Crippen LogP contribution is -2.16. The molecule has 1 rings (SSSR count). The molecular formula is C6H9N3O2. The Morgan fingerprint density at radius 3 is 3.00 bits per heavy atom. The van der Waals surface area contributed by atoms with Crippen LogP contribution in [0.2, 0.25) is 0 Å². The number of hydrogen-bond acceptors (Lipinski definition) is 4. The van der Waals surface area contributed by atoms with E-state index in [2.05, 4.69) is 9.97 Å². The first-order valence-corrected chi connectivity index (χ1v) is 3.21. The van der Waals surface area contributed by atoms with Gasteiger partial charge in [-0.3, -0.25) is 4.79 Å². The number of aromatic amines is 1. The van der Waals surface area contributed by atoms with Crippen molar-refractivity contribution in [1.29, 1.82) is 0 Å². The molecule has 0 atom stereocenters. The summed E-state index contributed by atoms with van der Waals surface area (Å²) in [5.41, 5.74) is 5.12. The van der Waals surface area contributed by atoms with Crippen LogP contribution < -0.4 is 11.3 Å². The maximum Gasteiger partial charge on any atom is 0.257 e. The van der Waals surface area contributed by atoms with E-state index < -0.39 is 0 Å². The zero-order valence-electron chi connectivity index (χ0n) is 5.87. The van der Waals surface area contributed by atoms with Gasteiger partial charge in [0.15, 0.2) is 0 Å². The first-order chi connectivity index (χ1) is 5.25. The quantitative estimate of drug-likeness (QED) is 0.509. The highest BCUT2D eigenvalue weighted by atomic mass is 16.3. The molecule has 0 aromatic carbocycles. The molecule has 5 nitrogen and oxygen atoms in total. The molecule has 1 aromatic heterocycles. The Hall–Kier alpha value is -1.36. The molecule has 0 aliphatic carbocycles. The predicted octanol–water partition coefficient (Wildman–Crippen LogP) is -1.02. The van der Waals surface area contributed by atoms with Crippen LogP contribution in [0.1, 0.15) is 5.56 Å². The van der Waals surface area contributed by atoms with Crippen molar-refractivity contribution in [1.82, 2.24) is 9.97 Å². The Kier molecular flexibility index (Phi) is 2.22. The number of aromatic hydroxyl groups is 1. The summed E-state index contributed by atoms with van der Waals surface area (Å²) in [7, 11) is 0. The molecule has 0 amide bonds. The standard InChI is InChI=1S/C6H9N3O2/c7-2-1-4-5(10)8-3-9-6(4)11/h3H,1-2,7H2,(H2,8,9,10,11). The van der Waals surface area contributed by atoms with Crippen molar-refractivity contribution in [2.75, 3.05) is 6.54 Å². The molecule has 11 heavy (non-hydrogen) atoms. The lowest BCUT2D eigenvalue weighted by Gasteiger charge is -1.97. The van der Waals surface area contributed by atoms with Gasteiger partial charge in [-0.15, -0.1) is 0 Å². The normalized spacial score (nSPS) is 9.91. The van der Waals surface area contributed by atoms with E-state index in [9.17, 15) is 4.79 Å². The van der Waals surface area contributed by atoms with E-state index in [0.29, 0.717) is 13.0 Å². The van der Waals surface area contributed by atoms with Crippen LogP contribution in [0.5, 0.6) is 5.88 Å². The van der Waals surface area contributed by atoms with E-state index >= 15 is 0 Å². The van der Waals surface area contributed by atoms with Crippen LogP contribution in [0, 0.1) is 0 Å². The van der Waals surface area contributed by atoms with E-state index in [1.807, 2.05) is 0 Å². The van der Waals surface area contributed by atoms with Crippen LogP contribution in [0.3, 0.4) is 0 Å². The molecule has 0 bridgehead atoms. The van der Waals surface area contributed by atoms with E-state index in [0.717, 1.165) is 6.33 Å². The topological polar surface area (TPSA) is 92.0 Å². The monoisotopic (exact) mass is 155 g/mol. The zero-order valence-corrected chi connectivity index (χ0v) is 5.87. The van der Waals surface area contributed by atoms with Gasteiger partial charge in [0.05, 0.1) is 11.9 Å². The Labute approximate surface area is 62.9 Å². The minimum Gasteiger partial charge on any atom is -0.493 e. The van der Waals surface area contributed by atoms with Crippen molar-refractivity contribution in [3.05, 3.63) is 22.2 Å². The summed E-state index contributed by atoms with van der Waals surface area (Å²) in [6, 6.07) is 0. The lowest BCUT2D eigenvalue weighted by molar-refractivity contribution is 0.443. The average Bonchev–Trinajstić information content (AvgIpc) is 1.97. The van der Waals surface area contributed by atoms with Gasteiger partial charge in [0, 0.05) is 0 Å². The molecule has 0 aliphatic heterocycles. The van der Waals surface area contributed by atoms with Crippen LogP contribution >= 0.6 is 0 Å². The fourth-order valence-corrected chi connectivity index (χ4v) is 0.788. The third-order valence-electron chi connectivity index (χ3n) is 1.32. The van der Waals surface area contributed by atoms with Gasteiger partial charge >= 0.3 is 0 Å². The Morgan fingerprint density at radius 2 is 2.45 bits per heavy atom. The van der Waals surface area contributed by atoms with Gasteiger partial charge in [-0.05, 0) is 13.0 Å². The van der Waals surface area contributed by atoms with Gasteiger partial charge in [0.1, 0.15) is 0 Å². The summed E-state index contributed by atoms with van der Waals surface area (Å²) in [6.07, 6.45) is 1.49. The number of nitrogens with two attached hydrogens (primary N) is 1. The van der Waals surface area contributed by atoms with Crippen LogP contribution in [-0.2, 0) is 6.42 Å². The lowest BCUT2D eigenvalue weighted by atomic mass is 10.2. The van der Waals surface area contributed by atoms with Crippen LogP contribution in [0.4, 0.5) is 0 Å². The zero-order chi connectivity index (χ0) is 8.27. The van der Waals surface area contributed by atoms with Crippen molar-refractivity contribution in [2.45, 2.75) is 6.42 Å². The molecular weight excluding hydrogens is 146 g/mol. The van der Waals surface area contributed by atoms with Crippen molar-refractivity contribution in [3.63, 3.8) is 0 Å². The van der Waals surface area contributed by atoms with Crippen LogP contribution in [-0.4, -0.2) is 21.6 Å². The van der Waals surface area contributed by atoms with Gasteiger partial charge in [-0.25, -0.2) is 4.98 Å². The molecule has 0 spiro atoms. The summed E-state index contributed by atoms with van der Waals surface area (Å²) in [4.78, 5) is 16.8. The largest absolute Gasteiger partial charge is 0.493 e. The number of rotatable bonds is 2. The molecule has 5 heteroatoms. The fraction of sp³-hybridized carbons (Fsp3) is 0.333. The smallest absolute Gasteiger partial charge is 0.257 e. The van der Waals surface area contributed by atoms with Gasteiger partial charge in [0.25, 0.3) is 5.56 Å². The summed E-state index contributed by atoms with van der Waals surface area (Å²) in [6.45, 7) is 0.322. The molecule has 0 radical (unpaired) electrons. The van der Waals surface area contributed by atoms with Crippen LogP contribution in [0.25, 0.3) is 0 Å². The van der Waals surface area contributed by atoms with E-state index in [1.165, 1.54) is 0 Å². The second-order valence-corrected chi connectivity index (χ2v) is 2.07. The second kappa shape index (κ2) is 3.16. The van der Waals surface area contributed by atoms with E-state index in [4.69, 9.17) is 10.8 Å². The van der Waals surface area contributed by atoms with Gasteiger partial charge in [-0.2, -0.15) is 0 Å². The van der Waals surface area contributed by atoms with Crippen molar-refractivity contribution < 1.29 is 5.11 Å². The molecule has 60 valence electrons. The molecule has 1 heterocycles. The minimum absolute atomic E-state index is 0.237. The van der Waals surface area contributed by atoms with Crippen molar-refractivity contribution in [2.24, 2.45) is 5.73 Å². The first kappa shape index (κ1) is 7.74. The van der Waals surface area contributed by atoms with Crippen molar-refractivity contribution in [3.8, 4) is 5.88 Å². The second-order valence-electron chi connectivity index (χ2n) is 2.07. The maximum absolute atomic E-state index is 10.9. The van der Waals surface area contributed by atoms with Crippen LogP contribution in [0.15, 0.2) is 11.1 Å². The molecule has 0 unspecified atom stereocenters. The summed E-state index contributed by atoms with van der Waals surface area (Å²) in [5.74, 6) is -0.237. The highest BCUT2D eigenvalue weighted by Crippen LogP contribution is 2.05. The third kappa shape index (κ3) is 1.56. The molecule has 4 N–H and O–H groups in total. The molecule has 0 saturated heterocycles. The SMILES string of the molecule is NCCc1c(O)nc[nH]c1=O. The van der Waals surface area contributed by atoms with E-state index in [-0.39, 0.29) is 17.0 Å². The minimum atomic E-state index is -0.331. The number of H-pyrrole nitrogens is 1. The predicted molar refractivity (Wildman–Crippen MR) is 39.3 cm³/mol. The van der Waals surface area contributed by atoms with Gasteiger partial charge < -0.3 is 15.8 Å². The molecule has 0 aliphatic rings. The number of hydrogen-bond donors (Lipinski definition) is 3. The highest BCUT2D eigenvalue weighted by molar-refractivity contribution is 5.20. The highest BCUT2D eigenvalue weighted by Gasteiger charge is 2.04.